The average molecular weight is 581 g/mol. The SMILES string of the molecule is C[C@H](Cn1cnc2c(N)ncnc21)OC[P@@](=O)(NC(C)(C)C(=O)OC1CCCC1)O[C@@H](C)C(=O)OC1CCCC1. The minimum atomic E-state index is -3.94. The molecule has 2 aromatic heterocycles. The highest BCUT2D eigenvalue weighted by molar-refractivity contribution is 7.56. The topological polar surface area (TPSA) is 170 Å². The van der Waals surface area contributed by atoms with Crippen LogP contribution in [0.4, 0.5) is 5.82 Å². The number of nitrogen functional groups attached to an aromatic ring is 1. The number of anilines is 1. The second kappa shape index (κ2) is 12.9. The molecule has 0 spiro atoms. The molecular weight excluding hydrogens is 539 g/mol. The number of nitrogens with one attached hydrogen (secondary N) is 1. The Labute approximate surface area is 234 Å². The quantitative estimate of drug-likeness (QED) is 0.260. The molecule has 14 heteroatoms. The summed E-state index contributed by atoms with van der Waals surface area (Å²) in [6.45, 7) is 6.75. The molecule has 40 heavy (non-hydrogen) atoms. The molecule has 13 nitrogen and oxygen atoms in total. The normalized spacial score (nSPS) is 19.9. The van der Waals surface area contributed by atoms with E-state index in [-0.39, 0.29) is 18.0 Å². The van der Waals surface area contributed by atoms with Crippen molar-refractivity contribution >= 4 is 36.4 Å². The molecule has 0 bridgehead atoms. The summed E-state index contributed by atoms with van der Waals surface area (Å²) >= 11 is 0. The summed E-state index contributed by atoms with van der Waals surface area (Å²) in [6, 6.07) is 0. The molecule has 0 saturated heterocycles. The molecule has 2 aliphatic rings. The summed E-state index contributed by atoms with van der Waals surface area (Å²) < 4.78 is 38.9. The van der Waals surface area contributed by atoms with E-state index in [1.165, 1.54) is 13.3 Å². The highest BCUT2D eigenvalue weighted by atomic mass is 31.2. The van der Waals surface area contributed by atoms with E-state index in [4.69, 9.17) is 24.5 Å². The monoisotopic (exact) mass is 580 g/mol. The van der Waals surface area contributed by atoms with Gasteiger partial charge in [-0.1, -0.05) is 0 Å². The fourth-order valence-electron chi connectivity index (χ4n) is 5.02. The first-order valence-corrected chi connectivity index (χ1v) is 15.8. The van der Waals surface area contributed by atoms with Crippen LogP contribution in [0.1, 0.15) is 79.1 Å². The lowest BCUT2D eigenvalue weighted by Crippen LogP contribution is -2.48. The molecule has 0 amide bonds. The Bertz CT molecular complexity index is 1230. The molecule has 2 heterocycles. The third-order valence-corrected chi connectivity index (χ3v) is 9.24. The van der Waals surface area contributed by atoms with E-state index in [0.717, 1.165) is 51.4 Å². The van der Waals surface area contributed by atoms with Gasteiger partial charge in [0, 0.05) is 0 Å². The van der Waals surface area contributed by atoms with Crippen molar-refractivity contribution in [3.63, 3.8) is 0 Å². The molecule has 222 valence electrons. The van der Waals surface area contributed by atoms with Gasteiger partial charge >= 0.3 is 11.9 Å². The number of esters is 2. The standard InChI is InChI=1S/C26H41N6O7P/c1-17(13-32-15-30-21-22(27)28-14-29-23(21)32)36-16-40(35,39-18(2)24(33)37-19-9-5-6-10-19)31-26(3,4)25(34)38-20-11-7-8-12-20/h14-15,17-20H,5-13,16H2,1-4H3,(H,31,35)(H2,27,28,29)/t17-,18+,40+/m1/s1. The Kier molecular flexibility index (Phi) is 9.81. The molecule has 0 unspecified atom stereocenters. The first-order valence-electron chi connectivity index (χ1n) is 14.0. The number of nitrogens with zero attached hydrogens (tertiary/aromatic N) is 4. The van der Waals surface area contributed by atoms with Crippen LogP contribution in [0, 0.1) is 0 Å². The van der Waals surface area contributed by atoms with Gasteiger partial charge in [-0.05, 0) is 79.1 Å². The number of nitrogens with two attached hydrogens (primary N) is 1. The second-order valence-corrected chi connectivity index (χ2v) is 13.3. The van der Waals surface area contributed by atoms with Crippen LogP contribution in [0.5, 0.6) is 0 Å². The lowest BCUT2D eigenvalue weighted by atomic mass is 10.1. The number of hydrogen-bond acceptors (Lipinski definition) is 11. The molecule has 3 atom stereocenters. The van der Waals surface area contributed by atoms with Gasteiger partial charge in [0.05, 0.1) is 19.0 Å². The Morgan fingerprint density at radius 1 is 1.07 bits per heavy atom. The highest BCUT2D eigenvalue weighted by Crippen LogP contribution is 2.47. The highest BCUT2D eigenvalue weighted by Gasteiger charge is 2.42. The number of imidazole rings is 1. The number of carbonyl (C=O) groups excluding carboxylic acids is 2. The molecule has 2 saturated carbocycles. The summed E-state index contributed by atoms with van der Waals surface area (Å²) in [4.78, 5) is 38.2. The van der Waals surface area contributed by atoms with E-state index < -0.39 is 43.6 Å². The first kappa shape index (κ1) is 30.4. The number of fused-ring (bicyclic) bond motifs is 1. The van der Waals surface area contributed by atoms with E-state index in [9.17, 15) is 14.2 Å². The number of ether oxygens (including phenoxy) is 3. The Hall–Kier alpha value is -2.60. The molecule has 0 aliphatic heterocycles. The van der Waals surface area contributed by atoms with Crippen LogP contribution in [0.15, 0.2) is 12.7 Å². The van der Waals surface area contributed by atoms with Gasteiger partial charge < -0.3 is 29.0 Å². The maximum absolute atomic E-state index is 14.2. The minimum absolute atomic E-state index is 0.159. The van der Waals surface area contributed by atoms with Crippen molar-refractivity contribution in [2.24, 2.45) is 0 Å². The van der Waals surface area contributed by atoms with Crippen molar-refractivity contribution in [2.45, 2.75) is 116 Å². The summed E-state index contributed by atoms with van der Waals surface area (Å²) in [7, 11) is -3.94. The Morgan fingerprint density at radius 2 is 1.70 bits per heavy atom. The van der Waals surface area contributed by atoms with Gasteiger partial charge in [0.25, 0.3) is 7.52 Å². The molecule has 4 rings (SSSR count). The number of aromatic nitrogens is 4. The maximum atomic E-state index is 14.2. The smallest absolute Gasteiger partial charge is 0.335 e. The molecule has 2 aliphatic carbocycles. The van der Waals surface area contributed by atoms with Crippen molar-refractivity contribution in [1.82, 2.24) is 24.6 Å². The maximum Gasteiger partial charge on any atom is 0.335 e. The molecule has 3 N–H and O–H groups in total. The Balaban J connectivity index is 1.44. The van der Waals surface area contributed by atoms with Crippen LogP contribution in [-0.4, -0.2) is 67.8 Å². The zero-order chi connectivity index (χ0) is 28.9. The van der Waals surface area contributed by atoms with Crippen LogP contribution in [0.2, 0.25) is 0 Å². The van der Waals surface area contributed by atoms with E-state index in [1.54, 1.807) is 31.7 Å². The number of hydrogen-bond donors (Lipinski definition) is 2. The van der Waals surface area contributed by atoms with Gasteiger partial charge in [0.15, 0.2) is 17.6 Å². The first-order chi connectivity index (χ1) is 19.0. The average Bonchev–Trinajstić information content (AvgIpc) is 3.66. The minimum Gasteiger partial charge on any atom is -0.461 e. The zero-order valence-electron chi connectivity index (χ0n) is 23.7. The zero-order valence-corrected chi connectivity index (χ0v) is 24.6. The fraction of sp³-hybridized carbons (Fsp3) is 0.731. The van der Waals surface area contributed by atoms with Crippen molar-refractivity contribution in [2.75, 3.05) is 12.1 Å². The fourth-order valence-corrected chi connectivity index (χ4v) is 7.19. The third kappa shape index (κ3) is 7.78. The molecule has 2 fully saturated rings. The number of carbonyl (C=O) groups is 2. The number of rotatable bonds is 13. The van der Waals surface area contributed by atoms with Gasteiger partial charge in [-0.25, -0.2) is 24.8 Å². The van der Waals surface area contributed by atoms with Crippen LogP contribution in [0.3, 0.4) is 0 Å². The summed E-state index contributed by atoms with van der Waals surface area (Å²) in [5, 5.41) is 2.84. The van der Waals surface area contributed by atoms with Gasteiger partial charge in [0.2, 0.25) is 0 Å². The lowest BCUT2D eigenvalue weighted by molar-refractivity contribution is -0.156. The van der Waals surface area contributed by atoms with Gasteiger partial charge in [0.1, 0.15) is 35.9 Å². The molecular formula is C26H41N6O7P. The second-order valence-electron chi connectivity index (χ2n) is 11.2. The molecule has 0 aromatic carbocycles. The van der Waals surface area contributed by atoms with E-state index in [1.807, 2.05) is 0 Å². The summed E-state index contributed by atoms with van der Waals surface area (Å²) in [5.41, 5.74) is 5.53. The van der Waals surface area contributed by atoms with Gasteiger partial charge in [-0.15, -0.1) is 0 Å². The van der Waals surface area contributed by atoms with Crippen molar-refractivity contribution in [3.05, 3.63) is 12.7 Å². The van der Waals surface area contributed by atoms with Gasteiger partial charge in [-0.2, -0.15) is 0 Å². The van der Waals surface area contributed by atoms with Crippen LogP contribution in [0.25, 0.3) is 11.2 Å². The molecule has 0 radical (unpaired) electrons. The van der Waals surface area contributed by atoms with Crippen molar-refractivity contribution < 1.29 is 32.9 Å². The predicted molar refractivity (Wildman–Crippen MR) is 147 cm³/mol. The van der Waals surface area contributed by atoms with Crippen molar-refractivity contribution in [1.29, 1.82) is 0 Å². The van der Waals surface area contributed by atoms with E-state index >= 15 is 0 Å². The van der Waals surface area contributed by atoms with Crippen LogP contribution >= 0.6 is 7.52 Å². The van der Waals surface area contributed by atoms with Crippen LogP contribution in [-0.2, 0) is 39.4 Å². The Morgan fingerprint density at radius 3 is 2.35 bits per heavy atom. The lowest BCUT2D eigenvalue weighted by Gasteiger charge is -2.32. The largest absolute Gasteiger partial charge is 0.461 e. The van der Waals surface area contributed by atoms with Crippen LogP contribution < -0.4 is 10.8 Å². The third-order valence-electron chi connectivity index (χ3n) is 7.19. The van der Waals surface area contributed by atoms with E-state index in [2.05, 4.69) is 20.0 Å². The summed E-state index contributed by atoms with van der Waals surface area (Å²) in [6.07, 6.45) is 7.81. The molecule has 2 aromatic rings. The van der Waals surface area contributed by atoms with E-state index in [0.29, 0.717) is 17.7 Å². The summed E-state index contributed by atoms with van der Waals surface area (Å²) in [5.74, 6) is -0.875. The predicted octanol–water partition coefficient (Wildman–Crippen LogP) is 3.71. The van der Waals surface area contributed by atoms with Gasteiger partial charge in [-0.3, -0.25) is 9.36 Å². The van der Waals surface area contributed by atoms with Crippen molar-refractivity contribution in [3.8, 4) is 0 Å².